The lowest BCUT2D eigenvalue weighted by molar-refractivity contribution is -0.122. The molecule has 3 aromatic carbocycles. The number of anilines is 1. The minimum atomic E-state index is -0.811. The van der Waals surface area contributed by atoms with E-state index in [0.29, 0.717) is 41.7 Å². The largest absolute Gasteiger partial charge is 0.494 e. The SMILES string of the molecule is CCCCOc1ccc(N2C(=O)NC(=O)/C(=C/c3ccc(OCc4cccc(C)c4)c(OC)c3)C2=O)cc1. The number of rotatable bonds is 10. The number of hydrogen-bond donors (Lipinski definition) is 1. The maximum atomic E-state index is 13.2. The number of nitrogens with zero attached hydrogens (tertiary/aromatic N) is 1. The van der Waals surface area contributed by atoms with Crippen molar-refractivity contribution in [3.8, 4) is 17.2 Å². The molecule has 8 heteroatoms. The maximum absolute atomic E-state index is 13.2. The fourth-order valence-corrected chi connectivity index (χ4v) is 3.94. The van der Waals surface area contributed by atoms with Gasteiger partial charge in [-0.25, -0.2) is 9.69 Å². The summed E-state index contributed by atoms with van der Waals surface area (Å²) >= 11 is 0. The van der Waals surface area contributed by atoms with Crippen LogP contribution in [-0.2, 0) is 16.2 Å². The Hall–Kier alpha value is -4.59. The Morgan fingerprint density at radius 1 is 0.921 bits per heavy atom. The molecule has 8 nitrogen and oxygen atoms in total. The number of urea groups is 1. The smallest absolute Gasteiger partial charge is 0.335 e. The molecular weight excluding hydrogens is 484 g/mol. The van der Waals surface area contributed by atoms with Crippen molar-refractivity contribution >= 4 is 29.6 Å². The zero-order valence-corrected chi connectivity index (χ0v) is 21.7. The molecule has 196 valence electrons. The second-order valence-corrected chi connectivity index (χ2v) is 8.84. The molecule has 0 unspecified atom stereocenters. The van der Waals surface area contributed by atoms with Gasteiger partial charge in [0.1, 0.15) is 17.9 Å². The summed E-state index contributed by atoms with van der Waals surface area (Å²) in [7, 11) is 1.51. The summed E-state index contributed by atoms with van der Waals surface area (Å²) in [6.45, 7) is 5.03. The van der Waals surface area contributed by atoms with Crippen LogP contribution in [0.3, 0.4) is 0 Å². The molecule has 38 heavy (non-hydrogen) atoms. The van der Waals surface area contributed by atoms with Gasteiger partial charge in [-0.2, -0.15) is 0 Å². The highest BCUT2D eigenvalue weighted by Crippen LogP contribution is 2.31. The zero-order chi connectivity index (χ0) is 27.1. The molecule has 0 aliphatic carbocycles. The summed E-state index contributed by atoms with van der Waals surface area (Å²) in [5.74, 6) is 0.109. The highest BCUT2D eigenvalue weighted by atomic mass is 16.5. The van der Waals surface area contributed by atoms with Gasteiger partial charge >= 0.3 is 6.03 Å². The van der Waals surface area contributed by atoms with Gasteiger partial charge in [0.25, 0.3) is 11.8 Å². The van der Waals surface area contributed by atoms with Crippen LogP contribution >= 0.6 is 0 Å². The third-order valence-electron chi connectivity index (χ3n) is 5.94. The van der Waals surface area contributed by atoms with Crippen LogP contribution in [0, 0.1) is 6.92 Å². The number of carbonyl (C=O) groups excluding carboxylic acids is 3. The molecule has 1 saturated heterocycles. The molecule has 1 aliphatic rings. The summed E-state index contributed by atoms with van der Waals surface area (Å²) in [5.41, 5.74) is 2.85. The normalized spacial score (nSPS) is 14.4. The number of amides is 4. The molecule has 1 N–H and O–H groups in total. The lowest BCUT2D eigenvalue weighted by Crippen LogP contribution is -2.54. The van der Waals surface area contributed by atoms with E-state index in [1.165, 1.54) is 13.2 Å². The number of aryl methyl sites for hydroxylation is 1. The number of barbiturate groups is 1. The Labute approximate surface area is 221 Å². The van der Waals surface area contributed by atoms with Crippen molar-refractivity contribution in [2.45, 2.75) is 33.3 Å². The number of imide groups is 2. The van der Waals surface area contributed by atoms with Crippen LogP contribution < -0.4 is 24.4 Å². The van der Waals surface area contributed by atoms with Gasteiger partial charge in [-0.05, 0) is 66.9 Å². The number of nitrogens with one attached hydrogen (secondary N) is 1. The summed E-state index contributed by atoms with van der Waals surface area (Å²) < 4.78 is 17.1. The van der Waals surface area contributed by atoms with E-state index >= 15 is 0 Å². The van der Waals surface area contributed by atoms with E-state index < -0.39 is 17.8 Å². The molecule has 4 rings (SSSR count). The van der Waals surface area contributed by atoms with Gasteiger partial charge < -0.3 is 14.2 Å². The van der Waals surface area contributed by atoms with Gasteiger partial charge in [0.15, 0.2) is 11.5 Å². The Balaban J connectivity index is 1.53. The van der Waals surface area contributed by atoms with Crippen molar-refractivity contribution in [3.63, 3.8) is 0 Å². The second-order valence-electron chi connectivity index (χ2n) is 8.84. The molecule has 3 aromatic rings. The predicted molar refractivity (Wildman–Crippen MR) is 144 cm³/mol. The third kappa shape index (κ3) is 6.21. The van der Waals surface area contributed by atoms with Crippen LogP contribution in [0.4, 0.5) is 10.5 Å². The molecular formula is C30H30N2O6. The van der Waals surface area contributed by atoms with Crippen LogP contribution in [0.15, 0.2) is 72.3 Å². The van der Waals surface area contributed by atoms with E-state index in [0.717, 1.165) is 28.9 Å². The van der Waals surface area contributed by atoms with Gasteiger partial charge in [0.2, 0.25) is 0 Å². The maximum Gasteiger partial charge on any atom is 0.335 e. The lowest BCUT2D eigenvalue weighted by Gasteiger charge is -2.26. The van der Waals surface area contributed by atoms with Crippen LogP contribution in [0.5, 0.6) is 17.2 Å². The van der Waals surface area contributed by atoms with E-state index in [1.807, 2.05) is 31.2 Å². The minimum absolute atomic E-state index is 0.177. The van der Waals surface area contributed by atoms with Crippen molar-refractivity contribution < 1.29 is 28.6 Å². The molecule has 0 spiro atoms. The standard InChI is InChI=1S/C30H30N2O6/c1-4-5-15-37-24-12-10-23(11-13-24)32-29(34)25(28(33)31-30(32)35)17-21-9-14-26(27(18-21)36-3)38-19-22-8-6-7-20(2)16-22/h6-14,16-18H,4-5,15,19H2,1-3H3,(H,31,33,35)/b25-17-. The molecule has 0 radical (unpaired) electrons. The van der Waals surface area contributed by atoms with E-state index in [-0.39, 0.29) is 5.57 Å². The second kappa shape index (κ2) is 12.1. The summed E-state index contributed by atoms with van der Waals surface area (Å²) in [5, 5.41) is 2.24. The first kappa shape index (κ1) is 26.5. The molecule has 1 aliphatic heterocycles. The molecule has 1 fully saturated rings. The predicted octanol–water partition coefficient (Wildman–Crippen LogP) is 5.43. The zero-order valence-electron chi connectivity index (χ0n) is 21.7. The van der Waals surface area contributed by atoms with Crippen molar-refractivity contribution in [2.24, 2.45) is 0 Å². The first-order chi connectivity index (χ1) is 18.4. The molecule has 0 atom stereocenters. The average molecular weight is 515 g/mol. The average Bonchev–Trinajstić information content (AvgIpc) is 2.91. The van der Waals surface area contributed by atoms with E-state index in [1.54, 1.807) is 42.5 Å². The van der Waals surface area contributed by atoms with Crippen LogP contribution in [0.2, 0.25) is 0 Å². The topological polar surface area (TPSA) is 94.2 Å². The number of hydrogen-bond acceptors (Lipinski definition) is 6. The van der Waals surface area contributed by atoms with Crippen LogP contribution in [0.1, 0.15) is 36.5 Å². The van der Waals surface area contributed by atoms with Gasteiger partial charge in [-0.3, -0.25) is 14.9 Å². The Morgan fingerprint density at radius 3 is 2.42 bits per heavy atom. The van der Waals surface area contributed by atoms with Crippen LogP contribution in [0.25, 0.3) is 6.08 Å². The molecule has 0 saturated carbocycles. The van der Waals surface area contributed by atoms with Crippen LogP contribution in [-0.4, -0.2) is 31.6 Å². The summed E-state index contributed by atoms with van der Waals surface area (Å²) in [6, 6.07) is 18.9. The number of ether oxygens (including phenoxy) is 3. The van der Waals surface area contributed by atoms with Crippen molar-refractivity contribution in [1.29, 1.82) is 0 Å². The Kier molecular flexibility index (Phi) is 8.43. The van der Waals surface area contributed by atoms with Crippen molar-refractivity contribution in [3.05, 3.63) is 89.0 Å². The number of carbonyl (C=O) groups is 3. The van der Waals surface area contributed by atoms with Gasteiger partial charge in [-0.1, -0.05) is 49.2 Å². The number of benzene rings is 3. The van der Waals surface area contributed by atoms with E-state index in [9.17, 15) is 14.4 Å². The van der Waals surface area contributed by atoms with Crippen molar-refractivity contribution in [2.75, 3.05) is 18.6 Å². The highest BCUT2D eigenvalue weighted by Gasteiger charge is 2.36. The minimum Gasteiger partial charge on any atom is -0.494 e. The van der Waals surface area contributed by atoms with E-state index in [2.05, 4.69) is 12.2 Å². The Morgan fingerprint density at radius 2 is 1.71 bits per heavy atom. The fraction of sp³-hybridized carbons (Fsp3) is 0.233. The van der Waals surface area contributed by atoms with Gasteiger partial charge in [0, 0.05) is 0 Å². The summed E-state index contributed by atoms with van der Waals surface area (Å²) in [6.07, 6.45) is 3.36. The van der Waals surface area contributed by atoms with Gasteiger partial charge in [0.05, 0.1) is 19.4 Å². The number of unbranched alkanes of at least 4 members (excludes halogenated alkanes) is 1. The third-order valence-corrected chi connectivity index (χ3v) is 5.94. The molecule has 4 amide bonds. The highest BCUT2D eigenvalue weighted by molar-refractivity contribution is 6.39. The molecule has 0 bridgehead atoms. The van der Waals surface area contributed by atoms with Gasteiger partial charge in [-0.15, -0.1) is 0 Å². The first-order valence-electron chi connectivity index (χ1n) is 12.4. The fourth-order valence-electron chi connectivity index (χ4n) is 3.94. The lowest BCUT2D eigenvalue weighted by atomic mass is 10.1. The molecule has 1 heterocycles. The monoisotopic (exact) mass is 514 g/mol. The quantitative estimate of drug-likeness (QED) is 0.220. The van der Waals surface area contributed by atoms with E-state index in [4.69, 9.17) is 14.2 Å². The Bertz CT molecular complexity index is 1360. The summed E-state index contributed by atoms with van der Waals surface area (Å²) in [4.78, 5) is 39.3. The first-order valence-corrected chi connectivity index (χ1v) is 12.4. The van der Waals surface area contributed by atoms with Crippen molar-refractivity contribution in [1.82, 2.24) is 5.32 Å². The molecule has 0 aromatic heterocycles. The number of methoxy groups -OCH3 is 1.